The van der Waals surface area contributed by atoms with Crippen molar-refractivity contribution in [2.24, 2.45) is 5.92 Å². The fourth-order valence-corrected chi connectivity index (χ4v) is 1.72. The van der Waals surface area contributed by atoms with E-state index in [-0.39, 0.29) is 11.7 Å². The van der Waals surface area contributed by atoms with E-state index in [4.69, 9.17) is 5.11 Å². The van der Waals surface area contributed by atoms with Crippen molar-refractivity contribution in [2.45, 2.75) is 25.8 Å². The maximum absolute atomic E-state index is 13.0. The number of halogens is 1. The van der Waals surface area contributed by atoms with Crippen LogP contribution in [0.4, 0.5) is 10.1 Å². The highest BCUT2D eigenvalue weighted by Crippen LogP contribution is 2.34. The molecule has 2 N–H and O–H groups in total. The standard InChI is InChI=1S/C12H14FNO2/c1-7-6-9(4-5-10(7)13)14-11(12(15)16)8-2-3-8/h4-6,8,11,14H,2-3H2,1H3,(H,15,16). The molecule has 3 nitrogen and oxygen atoms in total. The first-order chi connectivity index (χ1) is 7.58. The van der Waals surface area contributed by atoms with Gasteiger partial charge in [-0.3, -0.25) is 0 Å². The topological polar surface area (TPSA) is 49.3 Å². The number of aryl methyl sites for hydroxylation is 1. The average molecular weight is 223 g/mol. The van der Waals surface area contributed by atoms with Gasteiger partial charge < -0.3 is 10.4 Å². The molecule has 0 heterocycles. The maximum atomic E-state index is 13.0. The molecule has 0 aliphatic heterocycles. The Balaban J connectivity index is 2.12. The molecular weight excluding hydrogens is 209 g/mol. The third-order valence-electron chi connectivity index (χ3n) is 2.84. The lowest BCUT2D eigenvalue weighted by molar-refractivity contribution is -0.138. The van der Waals surface area contributed by atoms with Crippen LogP contribution in [0.15, 0.2) is 18.2 Å². The Bertz CT molecular complexity index is 415. The molecule has 0 saturated heterocycles. The van der Waals surface area contributed by atoms with Crippen LogP contribution >= 0.6 is 0 Å². The molecule has 0 bridgehead atoms. The third-order valence-corrected chi connectivity index (χ3v) is 2.84. The zero-order valence-corrected chi connectivity index (χ0v) is 9.03. The number of hydrogen-bond donors (Lipinski definition) is 2. The second-order valence-electron chi connectivity index (χ2n) is 4.26. The van der Waals surface area contributed by atoms with E-state index in [0.29, 0.717) is 11.3 Å². The lowest BCUT2D eigenvalue weighted by atomic mass is 10.1. The van der Waals surface area contributed by atoms with Crippen molar-refractivity contribution in [3.63, 3.8) is 0 Å². The van der Waals surface area contributed by atoms with Gasteiger partial charge in [-0.05, 0) is 49.4 Å². The molecule has 0 spiro atoms. The van der Waals surface area contributed by atoms with E-state index < -0.39 is 12.0 Å². The van der Waals surface area contributed by atoms with Gasteiger partial charge in [-0.1, -0.05) is 0 Å². The second-order valence-corrected chi connectivity index (χ2v) is 4.26. The van der Waals surface area contributed by atoms with Crippen LogP contribution in [-0.2, 0) is 4.79 Å². The van der Waals surface area contributed by atoms with E-state index >= 15 is 0 Å². The Labute approximate surface area is 93.3 Å². The molecule has 1 aliphatic carbocycles. The van der Waals surface area contributed by atoms with Crippen LogP contribution < -0.4 is 5.32 Å². The van der Waals surface area contributed by atoms with Crippen molar-refractivity contribution in [3.8, 4) is 0 Å². The van der Waals surface area contributed by atoms with Crippen LogP contribution in [0.2, 0.25) is 0 Å². The molecule has 0 amide bonds. The summed E-state index contributed by atoms with van der Waals surface area (Å²) in [5, 5.41) is 12.0. The molecule has 1 fully saturated rings. The molecule has 1 unspecified atom stereocenters. The quantitative estimate of drug-likeness (QED) is 0.824. The lowest BCUT2D eigenvalue weighted by Gasteiger charge is -2.15. The van der Waals surface area contributed by atoms with Gasteiger partial charge in [-0.25, -0.2) is 9.18 Å². The lowest BCUT2D eigenvalue weighted by Crippen LogP contribution is -2.31. The predicted octanol–water partition coefficient (Wildman–Crippen LogP) is 2.41. The predicted molar refractivity (Wildman–Crippen MR) is 58.9 cm³/mol. The van der Waals surface area contributed by atoms with E-state index in [1.807, 2.05) is 0 Å². The van der Waals surface area contributed by atoms with Crippen molar-refractivity contribution in [3.05, 3.63) is 29.6 Å². The molecule has 1 aliphatic rings. The van der Waals surface area contributed by atoms with E-state index in [9.17, 15) is 9.18 Å². The van der Waals surface area contributed by atoms with Gasteiger partial charge in [0.25, 0.3) is 0 Å². The summed E-state index contributed by atoms with van der Waals surface area (Å²) in [5.74, 6) is -0.906. The highest BCUT2D eigenvalue weighted by Gasteiger charge is 2.36. The molecule has 2 rings (SSSR count). The number of hydrogen-bond acceptors (Lipinski definition) is 2. The normalized spacial score (nSPS) is 16.9. The number of carbonyl (C=O) groups is 1. The smallest absolute Gasteiger partial charge is 0.326 e. The molecule has 86 valence electrons. The Morgan fingerprint density at radius 3 is 2.75 bits per heavy atom. The number of nitrogens with one attached hydrogen (secondary N) is 1. The van der Waals surface area contributed by atoms with Gasteiger partial charge in [-0.15, -0.1) is 0 Å². The molecule has 1 atom stereocenters. The highest BCUT2D eigenvalue weighted by atomic mass is 19.1. The molecule has 1 aromatic rings. The SMILES string of the molecule is Cc1cc(NC(C(=O)O)C2CC2)ccc1F. The minimum atomic E-state index is -0.843. The van der Waals surface area contributed by atoms with Crippen molar-refractivity contribution in [1.29, 1.82) is 0 Å². The van der Waals surface area contributed by atoms with Gasteiger partial charge in [-0.2, -0.15) is 0 Å². The van der Waals surface area contributed by atoms with Gasteiger partial charge >= 0.3 is 5.97 Å². The first kappa shape index (κ1) is 10.9. The van der Waals surface area contributed by atoms with Crippen LogP contribution in [0.1, 0.15) is 18.4 Å². The fourth-order valence-electron chi connectivity index (χ4n) is 1.72. The molecule has 0 aromatic heterocycles. The average Bonchev–Trinajstić information content (AvgIpc) is 3.03. The van der Waals surface area contributed by atoms with E-state index in [0.717, 1.165) is 12.8 Å². The second kappa shape index (κ2) is 4.12. The first-order valence-electron chi connectivity index (χ1n) is 5.33. The monoisotopic (exact) mass is 223 g/mol. The third kappa shape index (κ3) is 2.32. The van der Waals surface area contributed by atoms with Crippen LogP contribution in [0, 0.1) is 18.7 Å². The minimum absolute atomic E-state index is 0.211. The number of carboxylic acids is 1. The molecule has 1 saturated carbocycles. The Kier molecular flexibility index (Phi) is 2.81. The summed E-state index contributed by atoms with van der Waals surface area (Å²) in [6.07, 6.45) is 1.90. The highest BCUT2D eigenvalue weighted by molar-refractivity contribution is 5.78. The van der Waals surface area contributed by atoms with Crippen molar-refractivity contribution in [2.75, 3.05) is 5.32 Å². The summed E-state index contributed by atoms with van der Waals surface area (Å²) in [6, 6.07) is 4.00. The Morgan fingerprint density at radius 1 is 1.56 bits per heavy atom. The largest absolute Gasteiger partial charge is 0.480 e. The van der Waals surface area contributed by atoms with Gasteiger partial charge in [0.1, 0.15) is 11.9 Å². The fraction of sp³-hybridized carbons (Fsp3) is 0.417. The number of carboxylic acid groups (broad SMARTS) is 1. The number of rotatable bonds is 4. The number of aliphatic carboxylic acids is 1. The zero-order chi connectivity index (χ0) is 11.7. The van der Waals surface area contributed by atoms with Crippen molar-refractivity contribution in [1.82, 2.24) is 0 Å². The Hall–Kier alpha value is -1.58. The molecule has 4 heteroatoms. The summed E-state index contributed by atoms with van der Waals surface area (Å²) < 4.78 is 13.0. The number of anilines is 1. The molecule has 0 radical (unpaired) electrons. The van der Waals surface area contributed by atoms with E-state index in [1.165, 1.54) is 6.07 Å². The molecular formula is C12H14FNO2. The van der Waals surface area contributed by atoms with Crippen molar-refractivity contribution < 1.29 is 14.3 Å². The zero-order valence-electron chi connectivity index (χ0n) is 9.03. The summed E-state index contributed by atoms with van der Waals surface area (Å²) in [5.41, 5.74) is 1.18. The molecule has 1 aromatic carbocycles. The summed E-state index contributed by atoms with van der Waals surface area (Å²) in [7, 11) is 0. The van der Waals surface area contributed by atoms with Crippen LogP contribution in [0.25, 0.3) is 0 Å². The summed E-state index contributed by atoms with van der Waals surface area (Å²) >= 11 is 0. The van der Waals surface area contributed by atoms with Gasteiger partial charge in [0.15, 0.2) is 0 Å². The number of benzene rings is 1. The van der Waals surface area contributed by atoms with Crippen LogP contribution in [0.3, 0.4) is 0 Å². The molecule has 16 heavy (non-hydrogen) atoms. The Morgan fingerprint density at radius 2 is 2.25 bits per heavy atom. The summed E-state index contributed by atoms with van der Waals surface area (Å²) in [4.78, 5) is 11.0. The van der Waals surface area contributed by atoms with Gasteiger partial charge in [0.2, 0.25) is 0 Å². The first-order valence-corrected chi connectivity index (χ1v) is 5.33. The summed E-state index contributed by atoms with van der Waals surface area (Å²) in [6.45, 7) is 1.66. The minimum Gasteiger partial charge on any atom is -0.480 e. The van der Waals surface area contributed by atoms with E-state index in [2.05, 4.69) is 5.32 Å². The van der Waals surface area contributed by atoms with Crippen LogP contribution in [0.5, 0.6) is 0 Å². The van der Waals surface area contributed by atoms with Gasteiger partial charge in [0, 0.05) is 5.69 Å². The van der Waals surface area contributed by atoms with Gasteiger partial charge in [0.05, 0.1) is 0 Å². The van der Waals surface area contributed by atoms with Crippen LogP contribution in [-0.4, -0.2) is 17.1 Å². The maximum Gasteiger partial charge on any atom is 0.326 e. The van der Waals surface area contributed by atoms with Crippen molar-refractivity contribution >= 4 is 11.7 Å². The van der Waals surface area contributed by atoms with E-state index in [1.54, 1.807) is 19.1 Å².